The minimum Gasteiger partial charge on any atom is -0.364 e. The smallest absolute Gasteiger partial charge is 0.189 e. The van der Waals surface area contributed by atoms with E-state index >= 15 is 0 Å². The maximum atomic E-state index is 5.05. The van der Waals surface area contributed by atoms with E-state index in [0.717, 1.165) is 10.2 Å². The van der Waals surface area contributed by atoms with Crippen molar-refractivity contribution in [3.8, 4) is 0 Å². The fourth-order valence-electron chi connectivity index (χ4n) is 0.872. The molecule has 16 heavy (non-hydrogen) atoms. The van der Waals surface area contributed by atoms with Gasteiger partial charge in [0, 0.05) is 17.2 Å². The van der Waals surface area contributed by atoms with Gasteiger partial charge in [0.1, 0.15) is 0 Å². The largest absolute Gasteiger partial charge is 0.364 e. The van der Waals surface area contributed by atoms with Crippen LogP contribution in [-0.2, 0) is 0 Å². The van der Waals surface area contributed by atoms with Gasteiger partial charge in [-0.2, -0.15) is 0 Å². The fourth-order valence-corrected chi connectivity index (χ4v) is 1.36. The maximum Gasteiger partial charge on any atom is 0.189 e. The summed E-state index contributed by atoms with van der Waals surface area (Å²) >= 11 is 13.3. The molecule has 0 atom stereocenters. The van der Waals surface area contributed by atoms with Gasteiger partial charge in [0.15, 0.2) is 10.2 Å². The van der Waals surface area contributed by atoms with E-state index in [1.807, 2.05) is 24.3 Å². The van der Waals surface area contributed by atoms with Gasteiger partial charge in [-0.05, 0) is 48.7 Å². The first kappa shape index (κ1) is 13.1. The molecule has 0 saturated carbocycles. The molecule has 0 aliphatic rings. The number of hydrazine groups is 1. The highest BCUT2D eigenvalue weighted by atomic mass is 79.9. The van der Waals surface area contributed by atoms with Crippen molar-refractivity contribution in [2.45, 2.75) is 0 Å². The van der Waals surface area contributed by atoms with Gasteiger partial charge in [-0.3, -0.25) is 10.9 Å². The lowest BCUT2D eigenvalue weighted by Crippen LogP contribution is -2.47. The predicted octanol–water partition coefficient (Wildman–Crippen LogP) is 1.74. The molecule has 0 radical (unpaired) electrons. The van der Waals surface area contributed by atoms with Crippen LogP contribution in [0.15, 0.2) is 28.7 Å². The zero-order valence-corrected chi connectivity index (χ0v) is 11.7. The lowest BCUT2D eigenvalue weighted by Gasteiger charge is -2.12. The van der Waals surface area contributed by atoms with E-state index in [4.69, 9.17) is 24.4 Å². The number of nitrogens with one attached hydrogen (secondary N) is 4. The second kappa shape index (κ2) is 6.62. The zero-order valence-electron chi connectivity index (χ0n) is 8.50. The van der Waals surface area contributed by atoms with Gasteiger partial charge in [-0.1, -0.05) is 15.9 Å². The zero-order chi connectivity index (χ0) is 12.0. The molecule has 0 spiro atoms. The van der Waals surface area contributed by atoms with Crippen molar-refractivity contribution in [3.63, 3.8) is 0 Å². The summed E-state index contributed by atoms with van der Waals surface area (Å²) in [6, 6.07) is 7.68. The summed E-state index contributed by atoms with van der Waals surface area (Å²) in [5.41, 5.74) is 6.37. The number of benzene rings is 1. The summed E-state index contributed by atoms with van der Waals surface area (Å²) in [6.07, 6.45) is 0. The van der Waals surface area contributed by atoms with E-state index in [1.54, 1.807) is 7.05 Å². The minimum absolute atomic E-state index is 0.444. The third-order valence-electron chi connectivity index (χ3n) is 1.62. The summed E-state index contributed by atoms with van der Waals surface area (Å²) in [5.74, 6) is 0. The molecule has 0 saturated heterocycles. The quantitative estimate of drug-likeness (QED) is 0.467. The SMILES string of the molecule is CNC(=S)NNC(=S)Nc1ccc(Br)cc1. The molecule has 1 aromatic carbocycles. The molecular formula is C9H11BrN4S2. The van der Waals surface area contributed by atoms with Crippen LogP contribution in [0.3, 0.4) is 0 Å². The van der Waals surface area contributed by atoms with Gasteiger partial charge in [0.25, 0.3) is 0 Å². The van der Waals surface area contributed by atoms with Crippen LogP contribution < -0.4 is 21.5 Å². The Morgan fingerprint density at radius 3 is 2.19 bits per heavy atom. The number of hydrogen-bond donors (Lipinski definition) is 4. The Kier molecular flexibility index (Phi) is 5.44. The Hall–Kier alpha value is -0.920. The van der Waals surface area contributed by atoms with Gasteiger partial charge in [-0.25, -0.2) is 0 Å². The Bertz CT molecular complexity index is 380. The van der Waals surface area contributed by atoms with Crippen molar-refractivity contribution < 1.29 is 0 Å². The van der Waals surface area contributed by atoms with Crippen LogP contribution in [0.4, 0.5) is 5.69 Å². The summed E-state index contributed by atoms with van der Waals surface area (Å²) in [6.45, 7) is 0. The number of hydrogen-bond acceptors (Lipinski definition) is 2. The first-order valence-corrected chi connectivity index (χ1v) is 6.03. The first-order chi connectivity index (χ1) is 7.61. The highest BCUT2D eigenvalue weighted by Gasteiger charge is 1.97. The lowest BCUT2D eigenvalue weighted by molar-refractivity contribution is 0.853. The van der Waals surface area contributed by atoms with E-state index in [9.17, 15) is 0 Å². The molecule has 1 aromatic rings. The standard InChI is InChI=1S/C9H11BrN4S2/c1-11-8(15)13-14-9(16)12-7-4-2-6(10)3-5-7/h2-5H,1H3,(H2,11,13,15)(H2,12,14,16). The van der Waals surface area contributed by atoms with Crippen LogP contribution in [0.25, 0.3) is 0 Å². The molecule has 0 amide bonds. The maximum absolute atomic E-state index is 5.05. The number of anilines is 1. The summed E-state index contributed by atoms with van der Waals surface area (Å²) in [4.78, 5) is 0. The topological polar surface area (TPSA) is 48.1 Å². The average molecular weight is 319 g/mol. The van der Waals surface area contributed by atoms with E-state index in [-0.39, 0.29) is 0 Å². The van der Waals surface area contributed by atoms with E-state index in [0.29, 0.717) is 10.2 Å². The van der Waals surface area contributed by atoms with E-state index < -0.39 is 0 Å². The van der Waals surface area contributed by atoms with Gasteiger partial charge in [-0.15, -0.1) is 0 Å². The summed E-state index contributed by atoms with van der Waals surface area (Å²) in [5, 5.41) is 6.67. The molecular weight excluding hydrogens is 308 g/mol. The molecule has 0 heterocycles. The second-order valence-corrected chi connectivity index (χ2v) is 4.52. The number of rotatable bonds is 1. The molecule has 7 heteroatoms. The molecule has 4 N–H and O–H groups in total. The van der Waals surface area contributed by atoms with Crippen LogP contribution in [0, 0.1) is 0 Å². The van der Waals surface area contributed by atoms with Crippen molar-refractivity contribution in [2.75, 3.05) is 12.4 Å². The second-order valence-electron chi connectivity index (χ2n) is 2.79. The molecule has 0 aromatic heterocycles. The van der Waals surface area contributed by atoms with Crippen molar-refractivity contribution >= 4 is 56.3 Å². The Morgan fingerprint density at radius 1 is 1.06 bits per heavy atom. The normalized spacial score (nSPS) is 9.12. The molecule has 86 valence electrons. The Morgan fingerprint density at radius 2 is 1.62 bits per heavy atom. The van der Waals surface area contributed by atoms with Crippen molar-refractivity contribution in [3.05, 3.63) is 28.7 Å². The van der Waals surface area contributed by atoms with Crippen LogP contribution >= 0.6 is 40.4 Å². The molecule has 0 bridgehead atoms. The molecule has 0 unspecified atom stereocenters. The van der Waals surface area contributed by atoms with E-state index in [1.165, 1.54) is 0 Å². The molecule has 0 fully saturated rings. The van der Waals surface area contributed by atoms with Crippen LogP contribution in [0.1, 0.15) is 0 Å². The average Bonchev–Trinajstić information content (AvgIpc) is 2.29. The lowest BCUT2D eigenvalue weighted by atomic mass is 10.3. The van der Waals surface area contributed by atoms with Crippen molar-refractivity contribution in [2.24, 2.45) is 0 Å². The van der Waals surface area contributed by atoms with E-state index in [2.05, 4.69) is 37.4 Å². The van der Waals surface area contributed by atoms with Crippen molar-refractivity contribution in [1.29, 1.82) is 0 Å². The fraction of sp³-hybridized carbons (Fsp3) is 0.111. The Labute approximate surface area is 113 Å². The third kappa shape index (κ3) is 4.73. The predicted molar refractivity (Wildman–Crippen MR) is 78.3 cm³/mol. The molecule has 0 aliphatic heterocycles. The Balaban J connectivity index is 2.40. The summed E-state index contributed by atoms with van der Waals surface area (Å²) in [7, 11) is 1.72. The highest BCUT2D eigenvalue weighted by Crippen LogP contribution is 2.13. The number of thiocarbonyl (C=S) groups is 2. The van der Waals surface area contributed by atoms with Crippen LogP contribution in [0.5, 0.6) is 0 Å². The first-order valence-electron chi connectivity index (χ1n) is 4.42. The van der Waals surface area contributed by atoms with Crippen molar-refractivity contribution in [1.82, 2.24) is 16.2 Å². The van der Waals surface area contributed by atoms with Crippen LogP contribution in [0.2, 0.25) is 0 Å². The minimum atomic E-state index is 0.444. The van der Waals surface area contributed by atoms with Gasteiger partial charge < -0.3 is 10.6 Å². The molecule has 0 aliphatic carbocycles. The highest BCUT2D eigenvalue weighted by molar-refractivity contribution is 9.10. The molecule has 4 nitrogen and oxygen atoms in total. The number of halogens is 1. The molecule has 1 rings (SSSR count). The summed E-state index contributed by atoms with van der Waals surface area (Å²) < 4.78 is 1.02. The monoisotopic (exact) mass is 318 g/mol. The van der Waals surface area contributed by atoms with Gasteiger partial charge >= 0.3 is 0 Å². The van der Waals surface area contributed by atoms with Gasteiger partial charge in [0.05, 0.1) is 0 Å². The van der Waals surface area contributed by atoms with Gasteiger partial charge in [0.2, 0.25) is 0 Å². The van der Waals surface area contributed by atoms with Crippen LogP contribution in [-0.4, -0.2) is 17.3 Å². The third-order valence-corrected chi connectivity index (χ3v) is 2.66.